The molecule has 2 aromatic heterocycles. The second-order valence-electron chi connectivity index (χ2n) is 7.62. The van der Waals surface area contributed by atoms with E-state index in [4.69, 9.17) is 9.72 Å². The zero-order valence-corrected chi connectivity index (χ0v) is 18.3. The minimum absolute atomic E-state index is 0.103. The summed E-state index contributed by atoms with van der Waals surface area (Å²) < 4.78 is 8.20. The van der Waals surface area contributed by atoms with E-state index in [2.05, 4.69) is 40.0 Å². The number of pyridine rings is 1. The van der Waals surface area contributed by atoms with E-state index in [1.165, 1.54) is 5.56 Å². The number of amides is 1. The van der Waals surface area contributed by atoms with Crippen molar-refractivity contribution in [2.75, 3.05) is 13.2 Å². The average Bonchev–Trinajstić information content (AvgIpc) is 3.20. The van der Waals surface area contributed by atoms with E-state index in [-0.39, 0.29) is 5.91 Å². The molecule has 0 unspecified atom stereocenters. The van der Waals surface area contributed by atoms with Crippen molar-refractivity contribution >= 4 is 16.9 Å². The topological polar surface area (TPSA) is 69.0 Å². The normalized spacial score (nSPS) is 10.9. The quantitative estimate of drug-likeness (QED) is 0.379. The molecular formula is C26H28N4O2. The van der Waals surface area contributed by atoms with Crippen LogP contribution in [0.5, 0.6) is 5.75 Å². The first-order valence-electron chi connectivity index (χ1n) is 11.1. The van der Waals surface area contributed by atoms with E-state index in [0.717, 1.165) is 41.9 Å². The van der Waals surface area contributed by atoms with Crippen LogP contribution >= 0.6 is 0 Å². The molecule has 1 N–H and O–H groups in total. The molecule has 0 bridgehead atoms. The standard InChI is InChI=1S/C26H28N4O2/c1-2-20-11-13-22(14-12-20)32-18-17-30-24-9-4-3-8-23(24)29-25(30)10-6-16-28-26(31)21-7-5-15-27-19-21/h3-5,7-9,11-15,19H,2,6,10,16-18H2,1H3,(H,28,31). The highest BCUT2D eigenvalue weighted by Gasteiger charge is 2.11. The minimum Gasteiger partial charge on any atom is -0.492 e. The molecule has 1 amide bonds. The molecule has 0 aliphatic heterocycles. The molecule has 4 aromatic rings. The van der Waals surface area contributed by atoms with Gasteiger partial charge in [-0.25, -0.2) is 4.98 Å². The number of aryl methyl sites for hydroxylation is 2. The van der Waals surface area contributed by atoms with Gasteiger partial charge in [-0.1, -0.05) is 31.2 Å². The number of ether oxygens (including phenoxy) is 1. The maximum atomic E-state index is 12.2. The Kier molecular flexibility index (Phi) is 7.12. The average molecular weight is 429 g/mol. The molecule has 0 aliphatic rings. The van der Waals surface area contributed by atoms with E-state index in [1.807, 2.05) is 30.3 Å². The number of hydrogen-bond acceptors (Lipinski definition) is 4. The molecule has 0 saturated heterocycles. The number of rotatable bonds is 10. The molecule has 0 atom stereocenters. The zero-order chi connectivity index (χ0) is 22.2. The lowest BCUT2D eigenvalue weighted by Gasteiger charge is -2.11. The third-order valence-electron chi connectivity index (χ3n) is 5.44. The Morgan fingerprint density at radius 2 is 1.91 bits per heavy atom. The maximum absolute atomic E-state index is 12.2. The molecule has 2 heterocycles. The maximum Gasteiger partial charge on any atom is 0.252 e. The van der Waals surface area contributed by atoms with Gasteiger partial charge in [-0.05, 0) is 54.8 Å². The van der Waals surface area contributed by atoms with Crippen LogP contribution < -0.4 is 10.1 Å². The zero-order valence-electron chi connectivity index (χ0n) is 18.3. The fourth-order valence-electron chi connectivity index (χ4n) is 3.69. The first-order chi connectivity index (χ1) is 15.7. The predicted octanol–water partition coefficient (Wildman–Crippen LogP) is 4.44. The Labute approximate surface area is 188 Å². The van der Waals surface area contributed by atoms with Gasteiger partial charge in [-0.3, -0.25) is 9.78 Å². The number of aromatic nitrogens is 3. The fraction of sp³-hybridized carbons (Fsp3) is 0.269. The molecule has 4 rings (SSSR count). The molecule has 164 valence electrons. The van der Waals surface area contributed by atoms with Crippen molar-refractivity contribution in [2.24, 2.45) is 0 Å². The first kappa shape index (κ1) is 21.6. The number of benzene rings is 2. The van der Waals surface area contributed by atoms with Gasteiger partial charge in [-0.15, -0.1) is 0 Å². The second kappa shape index (κ2) is 10.6. The highest BCUT2D eigenvalue weighted by molar-refractivity contribution is 5.93. The summed E-state index contributed by atoms with van der Waals surface area (Å²) in [5, 5.41) is 2.96. The highest BCUT2D eigenvalue weighted by Crippen LogP contribution is 2.18. The Bertz CT molecular complexity index is 1150. The number of para-hydroxylation sites is 2. The summed E-state index contributed by atoms with van der Waals surface area (Å²) >= 11 is 0. The smallest absolute Gasteiger partial charge is 0.252 e. The summed E-state index contributed by atoms with van der Waals surface area (Å²) in [5.74, 6) is 1.78. The van der Waals surface area contributed by atoms with Gasteiger partial charge in [0.1, 0.15) is 18.2 Å². The Hall–Kier alpha value is -3.67. The van der Waals surface area contributed by atoms with Crippen LogP contribution in [0.25, 0.3) is 11.0 Å². The van der Waals surface area contributed by atoms with Gasteiger partial charge >= 0.3 is 0 Å². The van der Waals surface area contributed by atoms with Crippen LogP contribution in [-0.2, 0) is 19.4 Å². The molecule has 6 heteroatoms. The van der Waals surface area contributed by atoms with Crippen molar-refractivity contribution in [1.82, 2.24) is 19.9 Å². The van der Waals surface area contributed by atoms with E-state index in [9.17, 15) is 4.79 Å². The monoisotopic (exact) mass is 428 g/mol. The van der Waals surface area contributed by atoms with Crippen molar-refractivity contribution in [3.63, 3.8) is 0 Å². The van der Waals surface area contributed by atoms with Crippen LogP contribution in [0.3, 0.4) is 0 Å². The summed E-state index contributed by atoms with van der Waals surface area (Å²) in [6.07, 6.45) is 5.82. The van der Waals surface area contributed by atoms with Gasteiger partial charge in [-0.2, -0.15) is 0 Å². The van der Waals surface area contributed by atoms with Crippen molar-refractivity contribution in [1.29, 1.82) is 0 Å². The van der Waals surface area contributed by atoms with Gasteiger partial charge in [0.15, 0.2) is 0 Å². The highest BCUT2D eigenvalue weighted by atomic mass is 16.5. The van der Waals surface area contributed by atoms with Gasteiger partial charge in [0.05, 0.1) is 23.1 Å². The predicted molar refractivity (Wildman–Crippen MR) is 126 cm³/mol. The van der Waals surface area contributed by atoms with Crippen molar-refractivity contribution in [2.45, 2.75) is 32.7 Å². The minimum atomic E-state index is -0.103. The Balaban J connectivity index is 1.35. The number of carbonyl (C=O) groups is 1. The molecule has 0 saturated carbocycles. The lowest BCUT2D eigenvalue weighted by atomic mass is 10.2. The number of carbonyl (C=O) groups excluding carboxylic acids is 1. The number of nitrogens with zero attached hydrogens (tertiary/aromatic N) is 3. The summed E-state index contributed by atoms with van der Waals surface area (Å²) in [7, 11) is 0. The molecular weight excluding hydrogens is 400 g/mol. The summed E-state index contributed by atoms with van der Waals surface area (Å²) in [5.41, 5.74) is 3.96. The Morgan fingerprint density at radius 3 is 2.69 bits per heavy atom. The van der Waals surface area contributed by atoms with E-state index < -0.39 is 0 Å². The Morgan fingerprint density at radius 1 is 1.06 bits per heavy atom. The molecule has 0 radical (unpaired) electrons. The second-order valence-corrected chi connectivity index (χ2v) is 7.62. The van der Waals surface area contributed by atoms with Gasteiger partial charge in [0, 0.05) is 25.4 Å². The van der Waals surface area contributed by atoms with Crippen LogP contribution in [0.1, 0.15) is 35.1 Å². The molecule has 6 nitrogen and oxygen atoms in total. The summed E-state index contributed by atoms with van der Waals surface area (Å²) in [4.78, 5) is 21.0. The van der Waals surface area contributed by atoms with Gasteiger partial charge in [0.2, 0.25) is 0 Å². The van der Waals surface area contributed by atoms with Gasteiger partial charge in [0.25, 0.3) is 5.91 Å². The van der Waals surface area contributed by atoms with E-state index >= 15 is 0 Å². The molecule has 0 spiro atoms. The van der Waals surface area contributed by atoms with Crippen molar-refractivity contribution in [3.8, 4) is 5.75 Å². The van der Waals surface area contributed by atoms with Crippen LogP contribution in [-0.4, -0.2) is 33.6 Å². The van der Waals surface area contributed by atoms with E-state index in [1.54, 1.807) is 24.5 Å². The lowest BCUT2D eigenvalue weighted by Crippen LogP contribution is -2.25. The number of hydrogen-bond donors (Lipinski definition) is 1. The number of fused-ring (bicyclic) bond motifs is 1. The summed E-state index contributed by atoms with van der Waals surface area (Å²) in [6.45, 7) is 4.01. The number of imidazole rings is 1. The van der Waals surface area contributed by atoms with Gasteiger partial charge < -0.3 is 14.6 Å². The van der Waals surface area contributed by atoms with Crippen molar-refractivity contribution < 1.29 is 9.53 Å². The molecule has 2 aromatic carbocycles. The largest absolute Gasteiger partial charge is 0.492 e. The van der Waals surface area contributed by atoms with Crippen LogP contribution in [0.2, 0.25) is 0 Å². The van der Waals surface area contributed by atoms with Crippen LogP contribution in [0, 0.1) is 0 Å². The van der Waals surface area contributed by atoms with Crippen LogP contribution in [0.15, 0.2) is 73.1 Å². The first-order valence-corrected chi connectivity index (χ1v) is 11.1. The summed E-state index contributed by atoms with van der Waals surface area (Å²) in [6, 6.07) is 19.9. The van der Waals surface area contributed by atoms with Crippen molar-refractivity contribution in [3.05, 3.63) is 90.0 Å². The van der Waals surface area contributed by atoms with Crippen LogP contribution in [0.4, 0.5) is 0 Å². The molecule has 0 fully saturated rings. The fourth-order valence-corrected chi connectivity index (χ4v) is 3.69. The lowest BCUT2D eigenvalue weighted by molar-refractivity contribution is 0.0952. The molecule has 32 heavy (non-hydrogen) atoms. The number of nitrogens with one attached hydrogen (secondary N) is 1. The SMILES string of the molecule is CCc1ccc(OCCn2c(CCCNC(=O)c3cccnc3)nc3ccccc32)cc1. The van der Waals surface area contributed by atoms with E-state index in [0.29, 0.717) is 25.3 Å². The third kappa shape index (κ3) is 5.32. The molecule has 0 aliphatic carbocycles. The third-order valence-corrected chi connectivity index (χ3v) is 5.44.